The molecule has 1 fully saturated rings. The lowest BCUT2D eigenvalue weighted by Crippen LogP contribution is -2.25. The molecule has 3 aromatic rings. The fraction of sp³-hybridized carbons (Fsp3) is 0.290. The molecular formula is C31H33N3O5. The molecule has 0 spiro atoms. The maximum absolute atomic E-state index is 12.8. The monoisotopic (exact) mass is 527 g/mol. The number of aromatic nitrogens is 1. The standard InChI is InChI=1S/C31H33N3O5/c35-25(12-11-22-7-3-1-4-8-22)13-14-27-26(17-20-33-34-30(37)23-15-18-32-19-16-23)28(36)21-29(27)39-31(38)24-9-5-2-6-10-24/h1-10,13-16,18-20,25-29,35-36H,11-12,17,21H2,(H,34,37)/b14-13+,33-20?/t25-,26+,27+,28-,29+/m0/s1. The second-order valence-electron chi connectivity index (χ2n) is 9.55. The Morgan fingerprint density at radius 1 is 1.03 bits per heavy atom. The van der Waals surface area contributed by atoms with Crippen LogP contribution in [0.15, 0.2) is 102 Å². The maximum Gasteiger partial charge on any atom is 0.338 e. The molecule has 1 aromatic heterocycles. The number of aryl methyl sites for hydroxylation is 1. The van der Waals surface area contributed by atoms with Gasteiger partial charge in [-0.25, -0.2) is 10.2 Å². The van der Waals surface area contributed by atoms with Gasteiger partial charge in [0.15, 0.2) is 0 Å². The van der Waals surface area contributed by atoms with Crippen molar-refractivity contribution in [2.45, 2.75) is 44.0 Å². The number of aliphatic hydroxyl groups excluding tert-OH is 2. The molecule has 1 amide bonds. The molecule has 1 saturated carbocycles. The van der Waals surface area contributed by atoms with Crippen LogP contribution >= 0.6 is 0 Å². The second-order valence-corrected chi connectivity index (χ2v) is 9.55. The van der Waals surface area contributed by atoms with Crippen molar-refractivity contribution in [2.24, 2.45) is 16.9 Å². The Morgan fingerprint density at radius 2 is 1.72 bits per heavy atom. The fourth-order valence-corrected chi connectivity index (χ4v) is 4.75. The number of benzene rings is 2. The Hall–Kier alpha value is -4.14. The zero-order valence-corrected chi connectivity index (χ0v) is 21.5. The van der Waals surface area contributed by atoms with Gasteiger partial charge in [-0.1, -0.05) is 60.7 Å². The number of hydrogen-bond donors (Lipinski definition) is 3. The van der Waals surface area contributed by atoms with E-state index in [0.717, 1.165) is 12.0 Å². The highest BCUT2D eigenvalue weighted by Crippen LogP contribution is 2.38. The Labute approximate surface area is 228 Å². The second kappa shape index (κ2) is 14.1. The summed E-state index contributed by atoms with van der Waals surface area (Å²) in [7, 11) is 0. The molecular weight excluding hydrogens is 494 g/mol. The number of nitrogens with zero attached hydrogens (tertiary/aromatic N) is 2. The van der Waals surface area contributed by atoms with Crippen molar-refractivity contribution >= 4 is 18.1 Å². The minimum atomic E-state index is -0.753. The number of esters is 1. The molecule has 0 saturated heterocycles. The molecule has 2 aromatic carbocycles. The molecule has 8 nitrogen and oxygen atoms in total. The highest BCUT2D eigenvalue weighted by Gasteiger charge is 2.43. The summed E-state index contributed by atoms with van der Waals surface area (Å²) in [5, 5.41) is 25.5. The number of carbonyl (C=O) groups is 2. The van der Waals surface area contributed by atoms with Crippen LogP contribution in [-0.4, -0.2) is 51.6 Å². The van der Waals surface area contributed by atoms with Crippen LogP contribution in [0.2, 0.25) is 0 Å². The third-order valence-electron chi connectivity index (χ3n) is 6.86. The Morgan fingerprint density at radius 3 is 2.44 bits per heavy atom. The smallest absolute Gasteiger partial charge is 0.338 e. The van der Waals surface area contributed by atoms with E-state index >= 15 is 0 Å². The van der Waals surface area contributed by atoms with Crippen molar-refractivity contribution in [1.29, 1.82) is 0 Å². The highest BCUT2D eigenvalue weighted by molar-refractivity contribution is 5.94. The number of carbonyl (C=O) groups excluding carboxylic acids is 2. The zero-order valence-electron chi connectivity index (χ0n) is 21.5. The number of aliphatic hydroxyl groups is 2. The number of nitrogens with one attached hydrogen (secondary N) is 1. The summed E-state index contributed by atoms with van der Waals surface area (Å²) in [5.41, 5.74) is 4.48. The lowest BCUT2D eigenvalue weighted by molar-refractivity contribution is 0.0223. The van der Waals surface area contributed by atoms with E-state index in [4.69, 9.17) is 4.74 Å². The van der Waals surface area contributed by atoms with Gasteiger partial charge in [0.1, 0.15) is 6.10 Å². The quantitative estimate of drug-likeness (QED) is 0.150. The van der Waals surface area contributed by atoms with Crippen molar-refractivity contribution in [1.82, 2.24) is 10.4 Å². The lowest BCUT2D eigenvalue weighted by atomic mass is 9.90. The average molecular weight is 528 g/mol. The highest BCUT2D eigenvalue weighted by atomic mass is 16.5. The zero-order chi connectivity index (χ0) is 27.5. The number of ether oxygens (including phenoxy) is 1. The Bertz CT molecular complexity index is 1250. The van der Waals surface area contributed by atoms with E-state index < -0.39 is 24.3 Å². The first-order valence-electron chi connectivity index (χ1n) is 13.1. The van der Waals surface area contributed by atoms with Gasteiger partial charge in [0.25, 0.3) is 5.91 Å². The summed E-state index contributed by atoms with van der Waals surface area (Å²) in [6.07, 6.45) is 7.98. The van der Waals surface area contributed by atoms with Crippen LogP contribution in [0, 0.1) is 11.8 Å². The molecule has 0 bridgehead atoms. The molecule has 8 heteroatoms. The van der Waals surface area contributed by atoms with Crippen LogP contribution in [0.25, 0.3) is 0 Å². The molecule has 202 valence electrons. The van der Waals surface area contributed by atoms with Gasteiger partial charge in [-0.15, -0.1) is 0 Å². The maximum atomic E-state index is 12.8. The van der Waals surface area contributed by atoms with Gasteiger partial charge in [0.05, 0.1) is 17.8 Å². The fourth-order valence-electron chi connectivity index (χ4n) is 4.75. The summed E-state index contributed by atoms with van der Waals surface area (Å²) < 4.78 is 5.82. The summed E-state index contributed by atoms with van der Waals surface area (Å²) >= 11 is 0. The average Bonchev–Trinajstić information content (AvgIpc) is 3.27. The van der Waals surface area contributed by atoms with E-state index in [2.05, 4.69) is 15.5 Å². The summed E-state index contributed by atoms with van der Waals surface area (Å²) in [4.78, 5) is 28.9. The van der Waals surface area contributed by atoms with Gasteiger partial charge in [0, 0.05) is 36.5 Å². The van der Waals surface area contributed by atoms with Crippen LogP contribution in [0.1, 0.15) is 45.5 Å². The first kappa shape index (κ1) is 27.9. The molecule has 0 aliphatic heterocycles. The van der Waals surface area contributed by atoms with Crippen LogP contribution in [-0.2, 0) is 11.2 Å². The van der Waals surface area contributed by atoms with Crippen molar-refractivity contribution in [3.05, 3.63) is 114 Å². The van der Waals surface area contributed by atoms with E-state index in [0.29, 0.717) is 24.0 Å². The van der Waals surface area contributed by atoms with Crippen LogP contribution in [0.3, 0.4) is 0 Å². The predicted octanol–water partition coefficient (Wildman–Crippen LogP) is 3.96. The first-order valence-corrected chi connectivity index (χ1v) is 13.1. The van der Waals surface area contributed by atoms with Gasteiger partial charge in [-0.05, 0) is 55.0 Å². The minimum Gasteiger partial charge on any atom is -0.458 e. The number of hydrogen-bond acceptors (Lipinski definition) is 7. The van der Waals surface area contributed by atoms with Crippen LogP contribution in [0.4, 0.5) is 0 Å². The Kier molecular flexibility index (Phi) is 10.1. The van der Waals surface area contributed by atoms with E-state index in [1.807, 2.05) is 42.5 Å². The number of pyridine rings is 1. The van der Waals surface area contributed by atoms with Crippen molar-refractivity contribution in [3.63, 3.8) is 0 Å². The van der Waals surface area contributed by atoms with E-state index in [9.17, 15) is 19.8 Å². The molecule has 0 radical (unpaired) electrons. The van der Waals surface area contributed by atoms with Gasteiger partial charge in [-0.2, -0.15) is 5.10 Å². The van der Waals surface area contributed by atoms with Gasteiger partial charge in [-0.3, -0.25) is 9.78 Å². The van der Waals surface area contributed by atoms with Crippen molar-refractivity contribution in [2.75, 3.05) is 0 Å². The van der Waals surface area contributed by atoms with Gasteiger partial charge < -0.3 is 14.9 Å². The predicted molar refractivity (Wildman–Crippen MR) is 148 cm³/mol. The van der Waals surface area contributed by atoms with Crippen molar-refractivity contribution < 1.29 is 24.5 Å². The summed E-state index contributed by atoms with van der Waals surface area (Å²) in [5.74, 6) is -1.50. The van der Waals surface area contributed by atoms with Crippen molar-refractivity contribution in [3.8, 4) is 0 Å². The molecule has 39 heavy (non-hydrogen) atoms. The van der Waals surface area contributed by atoms with Gasteiger partial charge >= 0.3 is 5.97 Å². The summed E-state index contributed by atoms with van der Waals surface area (Å²) in [6.45, 7) is 0. The normalized spacial score (nSPS) is 21.7. The SMILES string of the molecule is O=C(NN=CC[C@@H]1[C@@H](/C=C/[C@@H](O)CCc2ccccc2)[C@H](OC(=O)c2ccccc2)C[C@@H]1O)c1ccncc1. The molecule has 1 heterocycles. The lowest BCUT2D eigenvalue weighted by Gasteiger charge is -2.22. The first-order chi connectivity index (χ1) is 19.0. The molecule has 1 aliphatic carbocycles. The summed E-state index contributed by atoms with van der Waals surface area (Å²) in [6, 6.07) is 21.8. The number of rotatable bonds is 11. The molecule has 3 N–H and O–H groups in total. The molecule has 1 aliphatic rings. The largest absolute Gasteiger partial charge is 0.458 e. The van der Waals surface area contributed by atoms with E-state index in [1.54, 1.807) is 48.7 Å². The van der Waals surface area contributed by atoms with Crippen LogP contribution in [0.5, 0.6) is 0 Å². The number of hydrazone groups is 1. The van der Waals surface area contributed by atoms with Crippen LogP contribution < -0.4 is 5.43 Å². The van der Waals surface area contributed by atoms with E-state index in [-0.39, 0.29) is 24.2 Å². The third kappa shape index (κ3) is 8.17. The Balaban J connectivity index is 1.42. The number of amides is 1. The minimum absolute atomic E-state index is 0.259. The van der Waals surface area contributed by atoms with Gasteiger partial charge in [0.2, 0.25) is 0 Å². The third-order valence-corrected chi connectivity index (χ3v) is 6.86. The molecule has 5 atom stereocenters. The topological polar surface area (TPSA) is 121 Å². The van der Waals surface area contributed by atoms with E-state index in [1.165, 1.54) is 12.4 Å². The molecule has 4 rings (SSSR count). The molecule has 0 unspecified atom stereocenters.